The molecule has 0 unspecified atom stereocenters. The van der Waals surface area contributed by atoms with E-state index in [0.29, 0.717) is 12.5 Å². The molecule has 1 fully saturated rings. The first-order valence-corrected chi connectivity index (χ1v) is 8.03. The monoisotopic (exact) mass is 346 g/mol. The first-order valence-electron chi connectivity index (χ1n) is 8.03. The highest BCUT2D eigenvalue weighted by molar-refractivity contribution is 5.85. The molecule has 3 nitrogen and oxygen atoms in total. The van der Waals surface area contributed by atoms with Gasteiger partial charge in [0, 0.05) is 23.8 Å². The van der Waals surface area contributed by atoms with E-state index in [1.807, 2.05) is 6.07 Å². The zero-order valence-electron chi connectivity index (χ0n) is 13.5. The molecule has 3 aromatic rings. The minimum atomic E-state index is -0.233. The Kier molecular flexibility index (Phi) is 4.76. The van der Waals surface area contributed by atoms with E-state index in [0.717, 1.165) is 28.9 Å². The van der Waals surface area contributed by atoms with Gasteiger partial charge in [-0.1, -0.05) is 12.1 Å². The number of nitrogens with zero attached hydrogens (tertiary/aromatic N) is 2. The molecule has 0 bridgehead atoms. The third-order valence-electron chi connectivity index (χ3n) is 4.41. The number of aryl methyl sites for hydroxylation is 1. The first-order chi connectivity index (χ1) is 11.2. The number of fused-ring (bicyclic) bond motifs is 1. The van der Waals surface area contributed by atoms with E-state index >= 15 is 0 Å². The van der Waals surface area contributed by atoms with Crippen LogP contribution in [0.3, 0.4) is 0 Å². The fraction of sp³-hybridized carbons (Fsp3) is 0.316. The van der Waals surface area contributed by atoms with Gasteiger partial charge < -0.3 is 9.30 Å². The Morgan fingerprint density at radius 1 is 1.21 bits per heavy atom. The van der Waals surface area contributed by atoms with Crippen molar-refractivity contribution >= 4 is 23.3 Å². The van der Waals surface area contributed by atoms with Crippen LogP contribution < -0.4 is 4.74 Å². The second-order valence-electron chi connectivity index (χ2n) is 6.31. The van der Waals surface area contributed by atoms with Crippen molar-refractivity contribution in [2.24, 2.45) is 5.92 Å². The lowest BCUT2D eigenvalue weighted by molar-refractivity contribution is 0.296. The van der Waals surface area contributed by atoms with Gasteiger partial charge in [0.2, 0.25) is 5.88 Å². The fourth-order valence-electron chi connectivity index (χ4n) is 2.95. The zero-order valence-corrected chi connectivity index (χ0v) is 14.4. The van der Waals surface area contributed by atoms with Gasteiger partial charge in [-0.3, -0.25) is 0 Å². The first kappa shape index (κ1) is 16.8. The van der Waals surface area contributed by atoms with Crippen molar-refractivity contribution in [1.29, 1.82) is 0 Å². The van der Waals surface area contributed by atoms with Crippen LogP contribution in [0.2, 0.25) is 0 Å². The maximum absolute atomic E-state index is 13.0. The number of rotatable bonds is 5. The highest BCUT2D eigenvalue weighted by Gasteiger charge is 2.24. The van der Waals surface area contributed by atoms with Crippen molar-refractivity contribution in [3.05, 3.63) is 59.7 Å². The minimum absolute atomic E-state index is 0. The van der Waals surface area contributed by atoms with E-state index in [-0.39, 0.29) is 18.2 Å². The summed E-state index contributed by atoms with van der Waals surface area (Å²) in [6.07, 6.45) is 4.40. The predicted molar refractivity (Wildman–Crippen MR) is 95.2 cm³/mol. The molecular weight excluding hydrogens is 327 g/mol. The quantitative estimate of drug-likeness (QED) is 0.657. The molecule has 2 aromatic heterocycles. The second-order valence-corrected chi connectivity index (χ2v) is 6.31. The maximum Gasteiger partial charge on any atom is 0.238 e. The Labute approximate surface area is 146 Å². The lowest BCUT2D eigenvalue weighted by atomic mass is 10.2. The summed E-state index contributed by atoms with van der Waals surface area (Å²) in [4.78, 5) is 4.42. The molecule has 0 aliphatic heterocycles. The topological polar surface area (TPSA) is 27.1 Å². The SMILES string of the molecule is Cc1cc2ccnc(OCc3ccc(F)cc3)c2n1CC1CC1.Cl. The third-order valence-corrected chi connectivity index (χ3v) is 4.41. The van der Waals surface area contributed by atoms with Crippen LogP contribution in [0, 0.1) is 18.7 Å². The third kappa shape index (κ3) is 3.39. The summed E-state index contributed by atoms with van der Waals surface area (Å²) in [5.41, 5.74) is 3.24. The standard InChI is InChI=1S/C19H19FN2O.ClH/c1-13-10-16-8-9-21-19(18(16)22(13)11-14-2-3-14)23-12-15-4-6-17(20)7-5-15;/h4-10,14H,2-3,11-12H2,1H3;1H. The Hall–Kier alpha value is -2.07. The lowest BCUT2D eigenvalue weighted by Crippen LogP contribution is -2.05. The molecule has 0 amide bonds. The summed E-state index contributed by atoms with van der Waals surface area (Å²) < 4.78 is 21.3. The summed E-state index contributed by atoms with van der Waals surface area (Å²) in [6, 6.07) is 10.6. The van der Waals surface area contributed by atoms with Gasteiger partial charge in [0.1, 0.15) is 17.9 Å². The molecule has 1 saturated carbocycles. The van der Waals surface area contributed by atoms with E-state index in [4.69, 9.17) is 4.74 Å². The molecule has 1 aliphatic rings. The molecule has 1 aromatic carbocycles. The molecule has 0 radical (unpaired) electrons. The average molecular weight is 347 g/mol. The highest BCUT2D eigenvalue weighted by atomic mass is 35.5. The number of hydrogen-bond donors (Lipinski definition) is 0. The molecule has 0 atom stereocenters. The van der Waals surface area contributed by atoms with E-state index in [2.05, 4.69) is 22.5 Å². The van der Waals surface area contributed by atoms with Gasteiger partial charge in [-0.2, -0.15) is 0 Å². The van der Waals surface area contributed by atoms with E-state index in [9.17, 15) is 4.39 Å². The van der Waals surface area contributed by atoms with Gasteiger partial charge in [0.25, 0.3) is 0 Å². The number of ether oxygens (including phenoxy) is 1. The Bertz CT molecular complexity index is 840. The number of hydrogen-bond acceptors (Lipinski definition) is 2. The molecule has 5 heteroatoms. The fourth-order valence-corrected chi connectivity index (χ4v) is 2.95. The van der Waals surface area contributed by atoms with Crippen LogP contribution in [0.4, 0.5) is 4.39 Å². The van der Waals surface area contributed by atoms with Crippen molar-refractivity contribution < 1.29 is 9.13 Å². The molecular formula is C19H20ClFN2O. The number of benzene rings is 1. The van der Waals surface area contributed by atoms with E-state index < -0.39 is 0 Å². The number of halogens is 2. The molecule has 0 saturated heterocycles. The summed E-state index contributed by atoms with van der Waals surface area (Å²) in [6.45, 7) is 3.56. The normalized spacial score (nSPS) is 13.8. The lowest BCUT2D eigenvalue weighted by Gasteiger charge is -2.11. The Morgan fingerprint density at radius 2 is 1.96 bits per heavy atom. The van der Waals surface area contributed by atoms with Crippen molar-refractivity contribution in [1.82, 2.24) is 9.55 Å². The smallest absolute Gasteiger partial charge is 0.238 e. The molecule has 4 rings (SSSR count). The van der Waals surface area contributed by atoms with Gasteiger partial charge in [-0.05, 0) is 55.5 Å². The molecule has 0 spiro atoms. The van der Waals surface area contributed by atoms with Gasteiger partial charge in [0.15, 0.2) is 0 Å². The van der Waals surface area contributed by atoms with Crippen molar-refractivity contribution in [3.63, 3.8) is 0 Å². The van der Waals surface area contributed by atoms with Gasteiger partial charge in [-0.25, -0.2) is 9.37 Å². The number of pyridine rings is 1. The Morgan fingerprint density at radius 3 is 2.67 bits per heavy atom. The van der Waals surface area contributed by atoms with Crippen LogP contribution in [-0.4, -0.2) is 9.55 Å². The summed E-state index contributed by atoms with van der Waals surface area (Å²) in [7, 11) is 0. The van der Waals surface area contributed by atoms with Crippen LogP contribution in [0.15, 0.2) is 42.6 Å². The minimum Gasteiger partial charge on any atom is -0.471 e. The highest BCUT2D eigenvalue weighted by Crippen LogP contribution is 2.35. The predicted octanol–water partition coefficient (Wildman–Crippen LogP) is 4.89. The maximum atomic E-state index is 13.0. The van der Waals surface area contributed by atoms with Crippen LogP contribution in [-0.2, 0) is 13.2 Å². The number of aromatic nitrogens is 2. The van der Waals surface area contributed by atoms with Gasteiger partial charge in [-0.15, -0.1) is 12.4 Å². The summed E-state index contributed by atoms with van der Waals surface area (Å²) in [5, 5.41) is 1.16. The summed E-state index contributed by atoms with van der Waals surface area (Å²) in [5.74, 6) is 1.21. The van der Waals surface area contributed by atoms with Crippen molar-refractivity contribution in [2.45, 2.75) is 32.9 Å². The van der Waals surface area contributed by atoms with Crippen molar-refractivity contribution in [3.8, 4) is 5.88 Å². The molecule has 1 aliphatic carbocycles. The Balaban J connectivity index is 0.00000169. The van der Waals surface area contributed by atoms with E-state index in [1.54, 1.807) is 18.3 Å². The largest absolute Gasteiger partial charge is 0.471 e. The van der Waals surface area contributed by atoms with Crippen LogP contribution >= 0.6 is 12.4 Å². The molecule has 126 valence electrons. The van der Waals surface area contributed by atoms with Crippen LogP contribution in [0.1, 0.15) is 24.1 Å². The molecule has 0 N–H and O–H groups in total. The zero-order chi connectivity index (χ0) is 15.8. The molecule has 2 heterocycles. The van der Waals surface area contributed by atoms with Gasteiger partial charge >= 0.3 is 0 Å². The molecule has 24 heavy (non-hydrogen) atoms. The average Bonchev–Trinajstić information content (AvgIpc) is 3.31. The second kappa shape index (κ2) is 6.81. The van der Waals surface area contributed by atoms with Crippen LogP contribution in [0.5, 0.6) is 5.88 Å². The van der Waals surface area contributed by atoms with Crippen molar-refractivity contribution in [2.75, 3.05) is 0 Å². The summed E-state index contributed by atoms with van der Waals surface area (Å²) >= 11 is 0. The van der Waals surface area contributed by atoms with E-state index in [1.165, 1.54) is 30.7 Å². The van der Waals surface area contributed by atoms with Crippen LogP contribution in [0.25, 0.3) is 10.9 Å². The van der Waals surface area contributed by atoms with Gasteiger partial charge in [0.05, 0.1) is 0 Å².